The predicted octanol–water partition coefficient (Wildman–Crippen LogP) is 3.12. The Morgan fingerprint density at radius 2 is 1.90 bits per heavy atom. The molecule has 1 rings (SSSR count). The van der Waals surface area contributed by atoms with Gasteiger partial charge in [0.15, 0.2) is 0 Å². The van der Waals surface area contributed by atoms with Crippen LogP contribution in [0.1, 0.15) is 37.0 Å². The van der Waals surface area contributed by atoms with Crippen LogP contribution >= 0.6 is 0 Å². The standard InChI is InChI=1S/C17H28NO3/c1-5-18(3,6-2)12-7-8-13-21-17(19)15-10-9-11-16(14-15)20-4/h9-11,14H,5-8,12-13H2,1-4H3/q+1. The molecule has 0 heterocycles. The average Bonchev–Trinajstić information content (AvgIpc) is 2.54. The first-order valence-electron chi connectivity index (χ1n) is 7.69. The second-order valence-electron chi connectivity index (χ2n) is 5.55. The molecule has 0 aliphatic rings. The van der Waals surface area contributed by atoms with E-state index in [0.717, 1.165) is 37.0 Å². The fourth-order valence-electron chi connectivity index (χ4n) is 2.13. The summed E-state index contributed by atoms with van der Waals surface area (Å²) in [6.07, 6.45) is 1.98. The lowest BCUT2D eigenvalue weighted by Crippen LogP contribution is -2.44. The van der Waals surface area contributed by atoms with E-state index in [0.29, 0.717) is 17.9 Å². The maximum absolute atomic E-state index is 11.9. The highest BCUT2D eigenvalue weighted by Gasteiger charge is 2.15. The Kier molecular flexibility index (Phi) is 7.23. The van der Waals surface area contributed by atoms with Gasteiger partial charge >= 0.3 is 5.97 Å². The monoisotopic (exact) mass is 294 g/mol. The molecule has 1 aromatic carbocycles. The lowest BCUT2D eigenvalue weighted by atomic mass is 10.2. The van der Waals surface area contributed by atoms with Gasteiger partial charge in [-0.2, -0.15) is 0 Å². The van der Waals surface area contributed by atoms with Gasteiger partial charge in [0.2, 0.25) is 0 Å². The molecule has 0 radical (unpaired) electrons. The Morgan fingerprint density at radius 3 is 2.52 bits per heavy atom. The number of ether oxygens (including phenoxy) is 2. The van der Waals surface area contributed by atoms with Crippen molar-refractivity contribution >= 4 is 5.97 Å². The van der Waals surface area contributed by atoms with Gasteiger partial charge in [0, 0.05) is 0 Å². The van der Waals surface area contributed by atoms with Gasteiger partial charge in [-0.15, -0.1) is 0 Å². The highest BCUT2D eigenvalue weighted by Crippen LogP contribution is 2.13. The quantitative estimate of drug-likeness (QED) is 0.399. The van der Waals surface area contributed by atoms with Crippen molar-refractivity contribution in [2.45, 2.75) is 26.7 Å². The summed E-state index contributed by atoms with van der Waals surface area (Å²) < 4.78 is 11.5. The van der Waals surface area contributed by atoms with Gasteiger partial charge in [-0.1, -0.05) is 6.07 Å². The molecule has 118 valence electrons. The smallest absolute Gasteiger partial charge is 0.338 e. The first-order chi connectivity index (χ1) is 10.0. The molecule has 4 heteroatoms. The molecule has 1 aromatic rings. The molecule has 0 aliphatic carbocycles. The SMILES string of the molecule is CC[N+](C)(CC)CCCCOC(=O)c1cccc(OC)c1. The van der Waals surface area contributed by atoms with Crippen LogP contribution in [0.3, 0.4) is 0 Å². The van der Waals surface area contributed by atoms with Crippen molar-refractivity contribution in [1.82, 2.24) is 0 Å². The van der Waals surface area contributed by atoms with Gasteiger partial charge < -0.3 is 14.0 Å². The second-order valence-corrected chi connectivity index (χ2v) is 5.55. The van der Waals surface area contributed by atoms with Crippen molar-refractivity contribution in [3.8, 4) is 5.75 Å². The van der Waals surface area contributed by atoms with Gasteiger partial charge in [0.05, 0.1) is 46.0 Å². The summed E-state index contributed by atoms with van der Waals surface area (Å²) in [4.78, 5) is 11.9. The topological polar surface area (TPSA) is 35.5 Å². The Hall–Kier alpha value is -1.55. The number of hydrogen-bond acceptors (Lipinski definition) is 3. The molecule has 21 heavy (non-hydrogen) atoms. The molecule has 0 aromatic heterocycles. The first kappa shape index (κ1) is 17.5. The molecular formula is C17H28NO3+. The number of carbonyl (C=O) groups is 1. The van der Waals surface area contributed by atoms with E-state index in [1.807, 2.05) is 6.07 Å². The van der Waals surface area contributed by atoms with Gasteiger partial charge in [-0.05, 0) is 44.9 Å². The summed E-state index contributed by atoms with van der Waals surface area (Å²) in [7, 11) is 3.85. The third kappa shape index (κ3) is 5.76. The number of methoxy groups -OCH3 is 1. The number of unbranched alkanes of at least 4 members (excludes halogenated alkanes) is 1. The minimum absolute atomic E-state index is 0.280. The van der Waals surface area contributed by atoms with Crippen LogP contribution in [0.4, 0.5) is 0 Å². The summed E-state index contributed by atoms with van der Waals surface area (Å²) in [6.45, 7) is 8.31. The average molecular weight is 294 g/mol. The van der Waals surface area contributed by atoms with Crippen LogP contribution in [0.2, 0.25) is 0 Å². The van der Waals surface area contributed by atoms with Crippen LogP contribution in [-0.2, 0) is 4.74 Å². The van der Waals surface area contributed by atoms with Crippen LogP contribution in [0.5, 0.6) is 5.75 Å². The third-order valence-electron chi connectivity index (χ3n) is 4.16. The number of esters is 1. The van der Waals surface area contributed by atoms with Gasteiger partial charge in [-0.3, -0.25) is 0 Å². The summed E-state index contributed by atoms with van der Waals surface area (Å²) in [5.41, 5.74) is 0.539. The van der Waals surface area contributed by atoms with Crippen LogP contribution < -0.4 is 4.74 Å². The van der Waals surface area contributed by atoms with Crippen molar-refractivity contribution in [3.63, 3.8) is 0 Å². The van der Waals surface area contributed by atoms with Crippen LogP contribution in [0, 0.1) is 0 Å². The molecule has 0 aliphatic heterocycles. The Labute approximate surface area is 128 Å². The molecule has 0 N–H and O–H groups in total. The number of quaternary nitrogens is 1. The molecular weight excluding hydrogens is 266 g/mol. The van der Waals surface area contributed by atoms with E-state index in [4.69, 9.17) is 9.47 Å². The summed E-state index contributed by atoms with van der Waals surface area (Å²) >= 11 is 0. The van der Waals surface area contributed by atoms with E-state index in [2.05, 4.69) is 20.9 Å². The number of rotatable bonds is 9. The number of carbonyl (C=O) groups excluding carboxylic acids is 1. The van der Waals surface area contributed by atoms with Crippen molar-refractivity contribution in [3.05, 3.63) is 29.8 Å². The fourth-order valence-corrected chi connectivity index (χ4v) is 2.13. The Balaban J connectivity index is 2.31. The maximum atomic E-state index is 11.9. The van der Waals surface area contributed by atoms with E-state index in [-0.39, 0.29) is 5.97 Å². The van der Waals surface area contributed by atoms with E-state index < -0.39 is 0 Å². The molecule has 0 bridgehead atoms. The molecule has 0 unspecified atom stereocenters. The molecule has 0 spiro atoms. The van der Waals surface area contributed by atoms with Gasteiger partial charge in [-0.25, -0.2) is 4.79 Å². The highest BCUT2D eigenvalue weighted by molar-refractivity contribution is 5.89. The lowest BCUT2D eigenvalue weighted by Gasteiger charge is -2.32. The van der Waals surface area contributed by atoms with E-state index in [1.54, 1.807) is 25.3 Å². The fraction of sp³-hybridized carbons (Fsp3) is 0.588. The first-order valence-corrected chi connectivity index (χ1v) is 7.69. The number of benzene rings is 1. The molecule has 0 amide bonds. The third-order valence-corrected chi connectivity index (χ3v) is 4.16. The molecule has 0 saturated heterocycles. The predicted molar refractivity (Wildman–Crippen MR) is 84.6 cm³/mol. The van der Waals surface area contributed by atoms with Crippen LogP contribution in [-0.4, -0.2) is 50.9 Å². The lowest BCUT2D eigenvalue weighted by molar-refractivity contribution is -0.906. The molecule has 0 atom stereocenters. The van der Waals surface area contributed by atoms with Crippen LogP contribution in [0.15, 0.2) is 24.3 Å². The zero-order chi connectivity index (χ0) is 15.7. The Morgan fingerprint density at radius 1 is 1.19 bits per heavy atom. The summed E-state index contributed by atoms with van der Waals surface area (Å²) in [6, 6.07) is 7.04. The summed E-state index contributed by atoms with van der Waals surface area (Å²) in [5, 5.41) is 0. The van der Waals surface area contributed by atoms with Crippen molar-refractivity contribution < 1.29 is 18.8 Å². The zero-order valence-electron chi connectivity index (χ0n) is 13.7. The molecule has 0 fully saturated rings. The number of hydrogen-bond donors (Lipinski definition) is 0. The largest absolute Gasteiger partial charge is 0.497 e. The summed E-state index contributed by atoms with van der Waals surface area (Å²) in [5.74, 6) is 0.389. The second kappa shape index (κ2) is 8.67. The Bertz CT molecular complexity index is 441. The van der Waals surface area contributed by atoms with E-state index in [9.17, 15) is 4.79 Å². The highest BCUT2D eigenvalue weighted by atomic mass is 16.5. The minimum Gasteiger partial charge on any atom is -0.497 e. The van der Waals surface area contributed by atoms with Crippen molar-refractivity contribution in [2.75, 3.05) is 40.4 Å². The normalized spacial score (nSPS) is 11.2. The van der Waals surface area contributed by atoms with E-state index >= 15 is 0 Å². The zero-order valence-corrected chi connectivity index (χ0v) is 13.7. The van der Waals surface area contributed by atoms with Gasteiger partial charge in [0.1, 0.15) is 5.75 Å². The van der Waals surface area contributed by atoms with Crippen LogP contribution in [0.25, 0.3) is 0 Å². The number of nitrogens with zero attached hydrogens (tertiary/aromatic N) is 1. The van der Waals surface area contributed by atoms with Gasteiger partial charge in [0.25, 0.3) is 0 Å². The maximum Gasteiger partial charge on any atom is 0.338 e. The molecule has 0 saturated carbocycles. The van der Waals surface area contributed by atoms with E-state index in [1.165, 1.54) is 0 Å². The molecule has 4 nitrogen and oxygen atoms in total. The van der Waals surface area contributed by atoms with Crippen molar-refractivity contribution in [1.29, 1.82) is 0 Å². The van der Waals surface area contributed by atoms with Crippen molar-refractivity contribution in [2.24, 2.45) is 0 Å². The minimum atomic E-state index is -0.280.